The Morgan fingerprint density at radius 2 is 1.83 bits per heavy atom. The summed E-state index contributed by atoms with van der Waals surface area (Å²) in [5.41, 5.74) is -0.680. The van der Waals surface area contributed by atoms with Crippen molar-refractivity contribution in [2.45, 2.75) is 59.2 Å². The Bertz CT molecular complexity index is 498. The molecule has 0 aromatic carbocycles. The standard InChI is InChI=1S/C17H26F3NO3/c1-10-7-11-5-6-21(13(22)8-17(18,19)20)12(14(10)11)9-24-15(23)16(2,3)4/h10-12,14H,5-9H2,1-4H3/t10?,11?,12?,14-/m1/s1. The Labute approximate surface area is 140 Å². The second-order valence-corrected chi connectivity index (χ2v) is 8.13. The molecule has 1 aliphatic heterocycles. The van der Waals surface area contributed by atoms with Gasteiger partial charge in [-0.15, -0.1) is 0 Å². The summed E-state index contributed by atoms with van der Waals surface area (Å²) < 4.78 is 43.1. The Hall–Kier alpha value is -1.27. The molecule has 1 aliphatic carbocycles. The SMILES string of the molecule is CC1CC2CCN(C(=O)CC(F)(F)F)C(COC(=O)C(C)(C)C)[C@H]12. The second kappa shape index (κ2) is 6.56. The first kappa shape index (κ1) is 19.1. The molecule has 4 nitrogen and oxygen atoms in total. The third-order valence-electron chi connectivity index (χ3n) is 5.13. The fourth-order valence-corrected chi connectivity index (χ4v) is 3.90. The average molecular weight is 349 g/mol. The topological polar surface area (TPSA) is 46.6 Å². The number of halogens is 3. The van der Waals surface area contributed by atoms with Crippen LogP contribution in [0.1, 0.15) is 47.0 Å². The first-order chi connectivity index (χ1) is 10.9. The maximum Gasteiger partial charge on any atom is 0.397 e. The van der Waals surface area contributed by atoms with Gasteiger partial charge in [-0.25, -0.2) is 0 Å². The van der Waals surface area contributed by atoms with E-state index in [2.05, 4.69) is 0 Å². The van der Waals surface area contributed by atoms with Gasteiger partial charge in [0.25, 0.3) is 0 Å². The van der Waals surface area contributed by atoms with Gasteiger partial charge in [0.1, 0.15) is 13.0 Å². The first-order valence-electron chi connectivity index (χ1n) is 8.43. The molecule has 0 radical (unpaired) electrons. The molecule has 4 atom stereocenters. The molecule has 0 spiro atoms. The van der Waals surface area contributed by atoms with Crippen LogP contribution in [0.5, 0.6) is 0 Å². The summed E-state index contributed by atoms with van der Waals surface area (Å²) in [6, 6.07) is -0.450. The molecular weight excluding hydrogens is 323 g/mol. The lowest BCUT2D eigenvalue weighted by Gasteiger charge is -2.55. The maximum absolute atomic E-state index is 12.6. The average Bonchev–Trinajstić information content (AvgIpc) is 2.39. The summed E-state index contributed by atoms with van der Waals surface area (Å²) >= 11 is 0. The van der Waals surface area contributed by atoms with Gasteiger partial charge in [-0.2, -0.15) is 13.2 Å². The first-order valence-corrected chi connectivity index (χ1v) is 8.43. The molecule has 1 saturated carbocycles. The van der Waals surface area contributed by atoms with Crippen LogP contribution in [0.4, 0.5) is 13.2 Å². The molecule has 0 N–H and O–H groups in total. The minimum atomic E-state index is -4.52. The third-order valence-corrected chi connectivity index (χ3v) is 5.13. The predicted molar refractivity (Wildman–Crippen MR) is 82.0 cm³/mol. The van der Waals surface area contributed by atoms with Crippen LogP contribution in [0.15, 0.2) is 0 Å². The molecule has 2 fully saturated rings. The van der Waals surface area contributed by atoms with E-state index in [0.717, 1.165) is 12.8 Å². The normalized spacial score (nSPS) is 30.4. The Morgan fingerprint density at radius 3 is 2.33 bits per heavy atom. The van der Waals surface area contributed by atoms with E-state index in [1.807, 2.05) is 6.92 Å². The fourth-order valence-electron chi connectivity index (χ4n) is 3.90. The number of likely N-dealkylation sites (tertiary alicyclic amines) is 1. The number of hydrogen-bond donors (Lipinski definition) is 0. The van der Waals surface area contributed by atoms with Gasteiger partial charge in [-0.05, 0) is 51.4 Å². The largest absolute Gasteiger partial charge is 0.463 e. The highest BCUT2D eigenvalue weighted by atomic mass is 19.4. The van der Waals surface area contributed by atoms with Crippen LogP contribution in [0.25, 0.3) is 0 Å². The Kier molecular flexibility index (Phi) is 5.21. The van der Waals surface area contributed by atoms with Crippen molar-refractivity contribution in [3.8, 4) is 0 Å². The van der Waals surface area contributed by atoms with Crippen molar-refractivity contribution >= 4 is 11.9 Å². The molecule has 1 saturated heterocycles. The van der Waals surface area contributed by atoms with Gasteiger partial charge in [0.2, 0.25) is 5.91 Å². The molecule has 0 bridgehead atoms. The number of carbonyl (C=O) groups is 2. The molecule has 1 heterocycles. The number of rotatable bonds is 3. The minimum absolute atomic E-state index is 0.0226. The van der Waals surface area contributed by atoms with Gasteiger partial charge in [-0.1, -0.05) is 6.92 Å². The second-order valence-electron chi connectivity index (χ2n) is 8.13. The number of hydrogen-bond acceptors (Lipinski definition) is 3. The molecule has 3 unspecified atom stereocenters. The van der Waals surface area contributed by atoms with Crippen molar-refractivity contribution < 1.29 is 27.5 Å². The van der Waals surface area contributed by atoms with Crippen molar-refractivity contribution in [1.29, 1.82) is 0 Å². The number of ether oxygens (including phenoxy) is 1. The molecule has 2 aliphatic rings. The van der Waals surface area contributed by atoms with E-state index in [1.165, 1.54) is 4.90 Å². The summed E-state index contributed by atoms with van der Waals surface area (Å²) in [7, 11) is 0. The number of amides is 1. The molecule has 138 valence electrons. The van der Waals surface area contributed by atoms with E-state index in [1.54, 1.807) is 20.8 Å². The van der Waals surface area contributed by atoms with Crippen molar-refractivity contribution in [1.82, 2.24) is 4.90 Å². The number of nitrogens with zero attached hydrogens (tertiary/aromatic N) is 1. The van der Waals surface area contributed by atoms with Crippen LogP contribution in [0, 0.1) is 23.2 Å². The number of fused-ring (bicyclic) bond motifs is 1. The van der Waals surface area contributed by atoms with Gasteiger partial charge in [0.15, 0.2) is 0 Å². The number of esters is 1. The molecule has 0 aromatic rings. The van der Waals surface area contributed by atoms with Crippen LogP contribution < -0.4 is 0 Å². The van der Waals surface area contributed by atoms with Crippen LogP contribution in [0.2, 0.25) is 0 Å². The number of alkyl halides is 3. The lowest BCUT2D eigenvalue weighted by atomic mass is 9.59. The predicted octanol–water partition coefficient (Wildman–Crippen LogP) is 3.40. The Morgan fingerprint density at radius 1 is 1.21 bits per heavy atom. The van der Waals surface area contributed by atoms with E-state index in [-0.39, 0.29) is 12.5 Å². The van der Waals surface area contributed by atoms with E-state index in [9.17, 15) is 22.8 Å². The van der Waals surface area contributed by atoms with E-state index < -0.39 is 35.9 Å². The van der Waals surface area contributed by atoms with E-state index >= 15 is 0 Å². The minimum Gasteiger partial charge on any atom is -0.463 e. The zero-order chi connectivity index (χ0) is 18.3. The molecule has 2 rings (SSSR count). The van der Waals surface area contributed by atoms with Crippen molar-refractivity contribution in [2.24, 2.45) is 23.2 Å². The lowest BCUT2D eigenvalue weighted by molar-refractivity contribution is -0.176. The third kappa shape index (κ3) is 4.22. The van der Waals surface area contributed by atoms with Crippen molar-refractivity contribution in [3.63, 3.8) is 0 Å². The summed E-state index contributed by atoms with van der Waals surface area (Å²) in [4.78, 5) is 25.4. The molecule has 1 amide bonds. The van der Waals surface area contributed by atoms with Gasteiger partial charge < -0.3 is 9.64 Å². The van der Waals surface area contributed by atoms with Crippen LogP contribution in [0.3, 0.4) is 0 Å². The van der Waals surface area contributed by atoms with E-state index in [0.29, 0.717) is 18.4 Å². The highest BCUT2D eigenvalue weighted by Crippen LogP contribution is 2.49. The Balaban J connectivity index is 2.10. The molecule has 24 heavy (non-hydrogen) atoms. The summed E-state index contributed by atoms with van der Waals surface area (Å²) in [5.74, 6) is -0.469. The summed E-state index contributed by atoms with van der Waals surface area (Å²) in [6.45, 7) is 7.48. The monoisotopic (exact) mass is 349 g/mol. The molecular formula is C17H26F3NO3. The van der Waals surface area contributed by atoms with Crippen molar-refractivity contribution in [3.05, 3.63) is 0 Å². The lowest BCUT2D eigenvalue weighted by Crippen LogP contribution is -2.60. The zero-order valence-corrected chi connectivity index (χ0v) is 14.7. The van der Waals surface area contributed by atoms with Crippen LogP contribution >= 0.6 is 0 Å². The van der Waals surface area contributed by atoms with Gasteiger partial charge in [-0.3, -0.25) is 9.59 Å². The smallest absolute Gasteiger partial charge is 0.397 e. The number of carbonyl (C=O) groups excluding carboxylic acids is 2. The maximum atomic E-state index is 12.6. The highest BCUT2D eigenvalue weighted by Gasteiger charge is 2.50. The summed E-state index contributed by atoms with van der Waals surface area (Å²) in [5, 5.41) is 0. The van der Waals surface area contributed by atoms with Gasteiger partial charge in [0.05, 0.1) is 11.5 Å². The van der Waals surface area contributed by atoms with Crippen molar-refractivity contribution in [2.75, 3.05) is 13.2 Å². The highest BCUT2D eigenvalue weighted by molar-refractivity contribution is 5.78. The zero-order valence-electron chi connectivity index (χ0n) is 14.7. The number of piperidine rings is 1. The fraction of sp³-hybridized carbons (Fsp3) is 0.882. The summed E-state index contributed by atoms with van der Waals surface area (Å²) in [6.07, 6.45) is -4.23. The van der Waals surface area contributed by atoms with E-state index in [4.69, 9.17) is 4.74 Å². The van der Waals surface area contributed by atoms with Crippen LogP contribution in [-0.2, 0) is 14.3 Å². The van der Waals surface area contributed by atoms with Gasteiger partial charge >= 0.3 is 12.1 Å². The quantitative estimate of drug-likeness (QED) is 0.734. The molecule has 7 heteroatoms. The van der Waals surface area contributed by atoms with Gasteiger partial charge in [0, 0.05) is 6.54 Å². The van der Waals surface area contributed by atoms with Crippen LogP contribution in [-0.4, -0.2) is 42.1 Å². The molecule has 0 aromatic heterocycles.